The number of methoxy groups -OCH3 is 1. The molecule has 0 bridgehead atoms. The molecule has 0 saturated heterocycles. The number of carbonyl (C=O) groups is 2. The second-order valence-electron chi connectivity index (χ2n) is 2.97. The summed E-state index contributed by atoms with van der Waals surface area (Å²) in [6.45, 7) is 0. The van der Waals surface area contributed by atoms with E-state index in [0.717, 1.165) is 7.11 Å². The van der Waals surface area contributed by atoms with Crippen LogP contribution in [0.3, 0.4) is 0 Å². The minimum absolute atomic E-state index is 0.419. The second kappa shape index (κ2) is 5.29. The highest BCUT2D eigenvalue weighted by atomic mass is 35.5. The molecule has 0 amide bonds. The summed E-state index contributed by atoms with van der Waals surface area (Å²) in [7, 11) is 1.09. The quantitative estimate of drug-likeness (QED) is 0.593. The molecule has 1 unspecified atom stereocenters. The zero-order valence-corrected chi connectivity index (χ0v) is 9.19. The summed E-state index contributed by atoms with van der Waals surface area (Å²) in [5.74, 6) is -3.06. The van der Waals surface area contributed by atoms with E-state index in [1.807, 2.05) is 0 Å². The molecule has 0 aliphatic heterocycles. The highest BCUT2D eigenvalue weighted by Gasteiger charge is 2.27. The van der Waals surface area contributed by atoms with E-state index < -0.39 is 17.7 Å². The van der Waals surface area contributed by atoms with Crippen molar-refractivity contribution in [1.29, 1.82) is 5.26 Å². The lowest BCUT2D eigenvalue weighted by atomic mass is 9.96. The van der Waals surface area contributed by atoms with Gasteiger partial charge >= 0.3 is 5.97 Å². The van der Waals surface area contributed by atoms with E-state index in [-0.39, 0.29) is 0 Å². The van der Waals surface area contributed by atoms with Gasteiger partial charge in [0.1, 0.15) is 5.92 Å². The molecule has 0 aliphatic carbocycles. The predicted octanol–water partition coefficient (Wildman–Crippen LogP) is 1.69. The van der Waals surface area contributed by atoms with Crippen LogP contribution in [0.25, 0.3) is 0 Å². The molecule has 0 N–H and O–H groups in total. The molecule has 0 saturated carbocycles. The van der Waals surface area contributed by atoms with Crippen molar-refractivity contribution in [2.45, 2.75) is 5.92 Å². The molecule has 0 spiro atoms. The van der Waals surface area contributed by atoms with Crippen LogP contribution in [0.15, 0.2) is 24.3 Å². The molecule has 0 heterocycles. The van der Waals surface area contributed by atoms with Gasteiger partial charge in [-0.1, -0.05) is 23.7 Å². The summed E-state index contributed by atoms with van der Waals surface area (Å²) in [5, 5.41) is 9.34. The van der Waals surface area contributed by atoms with Gasteiger partial charge < -0.3 is 4.74 Å². The number of ether oxygens (including phenoxy) is 1. The summed E-state index contributed by atoms with van der Waals surface area (Å²) < 4.78 is 4.27. The van der Waals surface area contributed by atoms with Crippen LogP contribution in [0.1, 0.15) is 11.5 Å². The van der Waals surface area contributed by atoms with Crippen LogP contribution in [0.5, 0.6) is 0 Å². The number of carbonyl (C=O) groups excluding carboxylic acids is 2. The van der Waals surface area contributed by atoms with Crippen molar-refractivity contribution >= 4 is 23.4 Å². The first-order valence-corrected chi connectivity index (χ1v) is 4.75. The molecule has 1 aromatic carbocycles. The third-order valence-corrected chi connectivity index (χ3v) is 2.23. The number of hydrogen-bond donors (Lipinski definition) is 0. The molecular weight excluding hydrogens is 230 g/mol. The Kier molecular flexibility index (Phi) is 4.03. The Morgan fingerprint density at radius 1 is 1.38 bits per heavy atom. The Morgan fingerprint density at radius 3 is 2.38 bits per heavy atom. The molecule has 4 nitrogen and oxygen atoms in total. The lowest BCUT2D eigenvalue weighted by molar-refractivity contribution is -0.151. The highest BCUT2D eigenvalue weighted by molar-refractivity contribution is 6.36. The third-order valence-electron chi connectivity index (χ3n) is 1.98. The van der Waals surface area contributed by atoms with Gasteiger partial charge in [0.2, 0.25) is 0 Å². The molecule has 1 aromatic rings. The van der Waals surface area contributed by atoms with E-state index in [9.17, 15) is 9.59 Å². The standard InChI is InChI=1S/C11H8ClNO3/c1-16-11(15)10(14)9(6-13)7-2-4-8(12)5-3-7/h2-5,9H,1H3. The topological polar surface area (TPSA) is 67.2 Å². The smallest absolute Gasteiger partial charge is 0.376 e. The minimum atomic E-state index is -1.15. The number of nitrogens with zero attached hydrogens (tertiary/aromatic N) is 1. The maximum Gasteiger partial charge on any atom is 0.376 e. The lowest BCUT2D eigenvalue weighted by Crippen LogP contribution is -2.22. The molecule has 0 radical (unpaired) electrons. The Labute approximate surface area is 97.4 Å². The van der Waals surface area contributed by atoms with Gasteiger partial charge in [0.05, 0.1) is 13.2 Å². The lowest BCUT2D eigenvalue weighted by Gasteiger charge is -2.06. The Bertz CT molecular complexity index is 447. The van der Waals surface area contributed by atoms with Crippen molar-refractivity contribution in [3.8, 4) is 6.07 Å². The number of ketones is 1. The van der Waals surface area contributed by atoms with Gasteiger partial charge in [-0.2, -0.15) is 5.26 Å². The summed E-state index contributed by atoms with van der Waals surface area (Å²) in [4.78, 5) is 22.5. The summed E-state index contributed by atoms with van der Waals surface area (Å²) in [5.41, 5.74) is 0.419. The van der Waals surface area contributed by atoms with Gasteiger partial charge in [0.25, 0.3) is 5.78 Å². The summed E-state index contributed by atoms with van der Waals surface area (Å²) in [6.07, 6.45) is 0. The molecule has 82 valence electrons. The van der Waals surface area contributed by atoms with E-state index in [4.69, 9.17) is 16.9 Å². The highest BCUT2D eigenvalue weighted by Crippen LogP contribution is 2.19. The van der Waals surface area contributed by atoms with Gasteiger partial charge in [-0.05, 0) is 17.7 Å². The molecule has 0 fully saturated rings. The van der Waals surface area contributed by atoms with Crippen molar-refractivity contribution in [3.63, 3.8) is 0 Å². The molecule has 5 heteroatoms. The van der Waals surface area contributed by atoms with Crippen LogP contribution in [-0.4, -0.2) is 18.9 Å². The zero-order valence-electron chi connectivity index (χ0n) is 8.44. The van der Waals surface area contributed by atoms with Crippen molar-refractivity contribution in [2.75, 3.05) is 7.11 Å². The van der Waals surface area contributed by atoms with E-state index in [2.05, 4.69) is 4.74 Å². The number of halogens is 1. The predicted molar refractivity (Wildman–Crippen MR) is 56.8 cm³/mol. The van der Waals surface area contributed by atoms with Crippen LogP contribution in [0, 0.1) is 11.3 Å². The van der Waals surface area contributed by atoms with Gasteiger partial charge in [0, 0.05) is 5.02 Å². The Hall–Kier alpha value is -1.86. The second-order valence-corrected chi connectivity index (χ2v) is 3.41. The SMILES string of the molecule is COC(=O)C(=O)C(C#N)c1ccc(Cl)cc1. The first kappa shape index (κ1) is 12.2. The number of Topliss-reactive ketones (excluding diaryl/α,β-unsaturated/α-hetero) is 1. The molecule has 0 aromatic heterocycles. The molecule has 1 rings (SSSR count). The van der Waals surface area contributed by atoms with Gasteiger partial charge in [-0.25, -0.2) is 4.79 Å². The van der Waals surface area contributed by atoms with Crippen LogP contribution in [0.2, 0.25) is 5.02 Å². The molecule has 1 atom stereocenters. The number of hydrogen-bond acceptors (Lipinski definition) is 4. The first-order chi connectivity index (χ1) is 7.60. The van der Waals surface area contributed by atoms with E-state index in [0.29, 0.717) is 10.6 Å². The number of rotatable bonds is 3. The van der Waals surface area contributed by atoms with Crippen LogP contribution < -0.4 is 0 Å². The average molecular weight is 238 g/mol. The van der Waals surface area contributed by atoms with Crippen molar-refractivity contribution in [3.05, 3.63) is 34.9 Å². The number of nitriles is 1. The fraction of sp³-hybridized carbons (Fsp3) is 0.182. The van der Waals surface area contributed by atoms with Crippen molar-refractivity contribution in [1.82, 2.24) is 0 Å². The summed E-state index contributed by atoms with van der Waals surface area (Å²) >= 11 is 5.67. The van der Waals surface area contributed by atoms with Gasteiger partial charge in [-0.15, -0.1) is 0 Å². The van der Waals surface area contributed by atoms with Crippen LogP contribution >= 0.6 is 11.6 Å². The van der Waals surface area contributed by atoms with Crippen molar-refractivity contribution in [2.24, 2.45) is 0 Å². The van der Waals surface area contributed by atoms with Gasteiger partial charge in [-0.3, -0.25) is 4.79 Å². The zero-order chi connectivity index (χ0) is 12.1. The Balaban J connectivity index is 3.00. The maximum atomic E-state index is 11.5. The van der Waals surface area contributed by atoms with E-state index in [1.165, 1.54) is 12.1 Å². The van der Waals surface area contributed by atoms with Crippen LogP contribution in [0.4, 0.5) is 0 Å². The Morgan fingerprint density at radius 2 is 1.94 bits per heavy atom. The average Bonchev–Trinajstić information content (AvgIpc) is 2.31. The molecular formula is C11H8ClNO3. The van der Waals surface area contributed by atoms with Gasteiger partial charge in [0.15, 0.2) is 0 Å². The fourth-order valence-corrected chi connectivity index (χ4v) is 1.28. The number of benzene rings is 1. The normalized spacial score (nSPS) is 11.3. The number of esters is 1. The van der Waals surface area contributed by atoms with Crippen molar-refractivity contribution < 1.29 is 14.3 Å². The maximum absolute atomic E-state index is 11.5. The molecule has 0 aliphatic rings. The molecule has 16 heavy (non-hydrogen) atoms. The summed E-state index contributed by atoms with van der Waals surface area (Å²) in [6, 6.07) is 7.90. The first-order valence-electron chi connectivity index (χ1n) is 4.37. The largest absolute Gasteiger partial charge is 0.463 e. The minimum Gasteiger partial charge on any atom is -0.463 e. The fourth-order valence-electron chi connectivity index (χ4n) is 1.16. The monoisotopic (exact) mass is 237 g/mol. The third kappa shape index (κ3) is 2.59. The van der Waals surface area contributed by atoms with E-state index in [1.54, 1.807) is 18.2 Å². The van der Waals surface area contributed by atoms with Crippen LogP contribution in [-0.2, 0) is 14.3 Å². The van der Waals surface area contributed by atoms with E-state index >= 15 is 0 Å².